The molecule has 1 aromatic heterocycles. The summed E-state index contributed by atoms with van der Waals surface area (Å²) in [6.45, 7) is 3.23. The fourth-order valence-corrected chi connectivity index (χ4v) is 2.22. The molecule has 2 heterocycles. The topological polar surface area (TPSA) is 94.3 Å². The van der Waals surface area contributed by atoms with E-state index in [9.17, 15) is 14.4 Å². The second kappa shape index (κ2) is 6.23. The summed E-state index contributed by atoms with van der Waals surface area (Å²) in [5.74, 6) is 0.0507. The van der Waals surface area contributed by atoms with E-state index in [1.807, 2.05) is 6.92 Å². The third-order valence-corrected chi connectivity index (χ3v) is 3.11. The number of rotatable bonds is 4. The Balaban J connectivity index is 1.88. The van der Waals surface area contributed by atoms with Crippen molar-refractivity contribution in [1.29, 1.82) is 0 Å². The van der Waals surface area contributed by atoms with Crippen LogP contribution in [0.2, 0.25) is 0 Å². The number of anilines is 1. The minimum atomic E-state index is -0.474. The van der Waals surface area contributed by atoms with E-state index >= 15 is 0 Å². The van der Waals surface area contributed by atoms with Crippen molar-refractivity contribution < 1.29 is 9.59 Å². The Morgan fingerprint density at radius 3 is 3.00 bits per heavy atom. The fraction of sp³-hybridized carbons (Fsp3) is 0.462. The van der Waals surface area contributed by atoms with E-state index < -0.39 is 6.03 Å². The third-order valence-electron chi connectivity index (χ3n) is 3.11. The van der Waals surface area contributed by atoms with E-state index in [-0.39, 0.29) is 23.2 Å². The fourth-order valence-electron chi connectivity index (χ4n) is 2.22. The average molecular weight is 278 g/mol. The zero-order chi connectivity index (χ0) is 14.5. The van der Waals surface area contributed by atoms with E-state index in [4.69, 9.17) is 0 Å². The average Bonchev–Trinajstić information content (AvgIpc) is 2.73. The van der Waals surface area contributed by atoms with E-state index in [0.29, 0.717) is 19.5 Å². The third kappa shape index (κ3) is 3.37. The maximum absolute atomic E-state index is 11.8. The molecule has 108 valence electrons. The Labute approximate surface area is 116 Å². The highest BCUT2D eigenvalue weighted by Gasteiger charge is 2.29. The van der Waals surface area contributed by atoms with E-state index in [1.165, 1.54) is 12.3 Å². The number of pyridine rings is 1. The SMILES string of the molecule is CCCN1CC(NC(=O)Nc2ccc[nH]c2=O)CC1=O. The van der Waals surface area contributed by atoms with Gasteiger partial charge in [0.2, 0.25) is 5.91 Å². The van der Waals surface area contributed by atoms with Gasteiger partial charge in [0, 0.05) is 25.7 Å². The molecule has 0 bridgehead atoms. The van der Waals surface area contributed by atoms with Crippen LogP contribution in [0.15, 0.2) is 23.1 Å². The number of hydrogen-bond donors (Lipinski definition) is 3. The predicted octanol–water partition coefficient (Wildman–Crippen LogP) is 0.507. The number of H-pyrrole nitrogens is 1. The van der Waals surface area contributed by atoms with Crippen LogP contribution in [0.4, 0.5) is 10.5 Å². The van der Waals surface area contributed by atoms with Gasteiger partial charge >= 0.3 is 6.03 Å². The lowest BCUT2D eigenvalue weighted by atomic mass is 10.2. The molecule has 0 saturated carbocycles. The second-order valence-electron chi connectivity index (χ2n) is 4.75. The molecule has 3 amide bonds. The maximum Gasteiger partial charge on any atom is 0.319 e. The van der Waals surface area contributed by atoms with Gasteiger partial charge in [-0.3, -0.25) is 9.59 Å². The van der Waals surface area contributed by atoms with Crippen LogP contribution in [-0.4, -0.2) is 41.0 Å². The van der Waals surface area contributed by atoms with Crippen molar-refractivity contribution in [3.63, 3.8) is 0 Å². The van der Waals surface area contributed by atoms with Gasteiger partial charge in [0.15, 0.2) is 0 Å². The minimum absolute atomic E-state index is 0.0507. The van der Waals surface area contributed by atoms with Crippen LogP contribution in [-0.2, 0) is 4.79 Å². The van der Waals surface area contributed by atoms with Crippen molar-refractivity contribution in [2.75, 3.05) is 18.4 Å². The van der Waals surface area contributed by atoms with E-state index in [2.05, 4.69) is 15.6 Å². The molecule has 1 aliphatic heterocycles. The predicted molar refractivity (Wildman–Crippen MR) is 74.5 cm³/mol. The van der Waals surface area contributed by atoms with E-state index in [0.717, 1.165) is 6.42 Å². The van der Waals surface area contributed by atoms with Gasteiger partial charge in [-0.05, 0) is 18.6 Å². The van der Waals surface area contributed by atoms with Crippen molar-refractivity contribution in [3.05, 3.63) is 28.7 Å². The molecular weight excluding hydrogens is 260 g/mol. The van der Waals surface area contributed by atoms with Crippen LogP contribution >= 0.6 is 0 Å². The number of aromatic amines is 1. The van der Waals surface area contributed by atoms with Crippen LogP contribution in [0, 0.1) is 0 Å². The number of nitrogens with zero attached hydrogens (tertiary/aromatic N) is 1. The van der Waals surface area contributed by atoms with E-state index in [1.54, 1.807) is 11.0 Å². The molecule has 1 aliphatic rings. The van der Waals surface area contributed by atoms with Crippen LogP contribution in [0.25, 0.3) is 0 Å². The molecule has 1 aromatic rings. The first kappa shape index (κ1) is 14.1. The molecule has 1 saturated heterocycles. The molecule has 2 rings (SSSR count). The smallest absolute Gasteiger partial charge is 0.319 e. The van der Waals surface area contributed by atoms with Gasteiger partial charge in [0.1, 0.15) is 5.69 Å². The molecule has 1 atom stereocenters. The Bertz CT molecular complexity index is 555. The zero-order valence-corrected chi connectivity index (χ0v) is 11.3. The number of urea groups is 1. The van der Waals surface area contributed by atoms with Gasteiger partial charge in [-0.25, -0.2) is 4.79 Å². The van der Waals surface area contributed by atoms with Crippen molar-refractivity contribution in [3.8, 4) is 0 Å². The molecule has 0 aromatic carbocycles. The number of carbonyl (C=O) groups is 2. The van der Waals surface area contributed by atoms with Crippen LogP contribution in [0.5, 0.6) is 0 Å². The number of aromatic nitrogens is 1. The molecule has 7 heteroatoms. The number of amides is 3. The quantitative estimate of drug-likeness (QED) is 0.749. The molecule has 0 radical (unpaired) electrons. The van der Waals surface area contributed by atoms with Gasteiger partial charge in [-0.15, -0.1) is 0 Å². The highest BCUT2D eigenvalue weighted by atomic mass is 16.2. The number of nitrogens with one attached hydrogen (secondary N) is 3. The molecule has 7 nitrogen and oxygen atoms in total. The summed E-state index contributed by atoms with van der Waals surface area (Å²) in [7, 11) is 0. The molecule has 3 N–H and O–H groups in total. The number of likely N-dealkylation sites (tertiary alicyclic amines) is 1. The van der Waals surface area contributed by atoms with Crippen molar-refractivity contribution in [1.82, 2.24) is 15.2 Å². The highest BCUT2D eigenvalue weighted by molar-refractivity contribution is 5.90. The zero-order valence-electron chi connectivity index (χ0n) is 11.3. The molecule has 1 unspecified atom stereocenters. The molecule has 0 aliphatic carbocycles. The summed E-state index contributed by atoms with van der Waals surface area (Å²) < 4.78 is 0. The lowest BCUT2D eigenvalue weighted by Gasteiger charge is -2.16. The van der Waals surface area contributed by atoms with Crippen molar-refractivity contribution >= 4 is 17.6 Å². The summed E-state index contributed by atoms with van der Waals surface area (Å²) in [4.78, 5) is 39.1. The number of carbonyl (C=O) groups excluding carboxylic acids is 2. The van der Waals surface area contributed by atoms with Gasteiger partial charge in [0.05, 0.1) is 6.04 Å². The minimum Gasteiger partial charge on any atom is -0.341 e. The lowest BCUT2D eigenvalue weighted by Crippen LogP contribution is -2.40. The van der Waals surface area contributed by atoms with Crippen LogP contribution in [0.3, 0.4) is 0 Å². The van der Waals surface area contributed by atoms with Gasteiger partial charge in [-0.2, -0.15) is 0 Å². The summed E-state index contributed by atoms with van der Waals surface area (Å²) >= 11 is 0. The first-order valence-corrected chi connectivity index (χ1v) is 6.63. The molecule has 20 heavy (non-hydrogen) atoms. The largest absolute Gasteiger partial charge is 0.341 e. The maximum atomic E-state index is 11.8. The number of hydrogen-bond acceptors (Lipinski definition) is 3. The molecular formula is C13H18N4O3. The summed E-state index contributed by atoms with van der Waals surface area (Å²) in [6, 6.07) is 2.45. The van der Waals surface area contributed by atoms with Crippen molar-refractivity contribution in [2.45, 2.75) is 25.8 Å². The van der Waals surface area contributed by atoms with Crippen LogP contribution < -0.4 is 16.2 Å². The lowest BCUT2D eigenvalue weighted by molar-refractivity contribution is -0.127. The summed E-state index contributed by atoms with van der Waals surface area (Å²) in [5.41, 5.74) is -0.183. The first-order chi connectivity index (χ1) is 9.60. The highest BCUT2D eigenvalue weighted by Crippen LogP contribution is 2.11. The Hall–Kier alpha value is -2.31. The standard InChI is InChI=1S/C13H18N4O3/c1-2-6-17-8-9(7-11(17)18)15-13(20)16-10-4-3-5-14-12(10)19/h3-5,9H,2,6-8H2,1H3,(H,14,19)(H2,15,16,20). The second-order valence-corrected chi connectivity index (χ2v) is 4.75. The Morgan fingerprint density at radius 2 is 2.30 bits per heavy atom. The molecule has 1 fully saturated rings. The summed E-state index contributed by atoms with van der Waals surface area (Å²) in [5, 5.41) is 5.18. The van der Waals surface area contributed by atoms with Gasteiger partial charge in [-0.1, -0.05) is 6.92 Å². The first-order valence-electron chi connectivity index (χ1n) is 6.63. The van der Waals surface area contributed by atoms with Crippen molar-refractivity contribution in [2.24, 2.45) is 0 Å². The Kier molecular flexibility index (Phi) is 4.39. The Morgan fingerprint density at radius 1 is 1.50 bits per heavy atom. The monoisotopic (exact) mass is 278 g/mol. The van der Waals surface area contributed by atoms with Gasteiger partial charge < -0.3 is 20.5 Å². The van der Waals surface area contributed by atoms with Gasteiger partial charge in [0.25, 0.3) is 5.56 Å². The normalized spacial score (nSPS) is 18.1. The summed E-state index contributed by atoms with van der Waals surface area (Å²) in [6.07, 6.45) is 2.69. The van der Waals surface area contributed by atoms with Crippen LogP contribution in [0.1, 0.15) is 19.8 Å². The molecule has 0 spiro atoms.